The average Bonchev–Trinajstić information content (AvgIpc) is 3.51. The number of nitrogens with zero attached hydrogens (tertiary/aromatic N) is 4. The topological polar surface area (TPSA) is 93.7 Å². The Balaban J connectivity index is 1.31. The van der Waals surface area contributed by atoms with Gasteiger partial charge in [-0.15, -0.1) is 0 Å². The summed E-state index contributed by atoms with van der Waals surface area (Å²) >= 11 is 0. The Morgan fingerprint density at radius 3 is 2.56 bits per heavy atom. The van der Waals surface area contributed by atoms with Crippen molar-refractivity contribution in [2.75, 3.05) is 19.6 Å². The second-order valence-corrected chi connectivity index (χ2v) is 10.7. The van der Waals surface area contributed by atoms with Crippen LogP contribution in [0, 0.1) is 23.1 Å². The van der Waals surface area contributed by atoms with E-state index in [9.17, 15) is 19.2 Å². The number of amides is 2. The number of halogens is 1. The maximum absolute atomic E-state index is 13.7. The maximum atomic E-state index is 13.7. The molecule has 4 fully saturated rings. The van der Waals surface area contributed by atoms with Crippen molar-refractivity contribution in [1.82, 2.24) is 14.7 Å². The molecule has 0 aromatic heterocycles. The zero-order chi connectivity index (χ0) is 24.0. The van der Waals surface area contributed by atoms with Crippen molar-refractivity contribution in [3.8, 4) is 6.07 Å². The van der Waals surface area contributed by atoms with E-state index in [1.165, 1.54) is 12.1 Å². The average molecular weight is 468 g/mol. The van der Waals surface area contributed by atoms with Crippen LogP contribution in [0.1, 0.15) is 57.4 Å². The minimum Gasteiger partial charge on any atom is -0.327 e. The van der Waals surface area contributed by atoms with E-state index in [0.717, 1.165) is 44.1 Å². The lowest BCUT2D eigenvalue weighted by Crippen LogP contribution is -2.61. The molecule has 1 aromatic carbocycles. The molecule has 8 heteroatoms. The molecule has 1 saturated carbocycles. The van der Waals surface area contributed by atoms with E-state index >= 15 is 0 Å². The first-order valence-electron chi connectivity index (χ1n) is 12.6. The minimum atomic E-state index is -0.748. The molecule has 3 saturated heterocycles. The quantitative estimate of drug-likeness (QED) is 0.718. The summed E-state index contributed by atoms with van der Waals surface area (Å²) in [5.41, 5.74) is 6.97. The van der Waals surface area contributed by atoms with Crippen LogP contribution in [0.25, 0.3) is 0 Å². The van der Waals surface area contributed by atoms with Crippen molar-refractivity contribution in [2.45, 2.75) is 81.6 Å². The van der Waals surface area contributed by atoms with E-state index in [1.807, 2.05) is 19.1 Å². The third kappa shape index (κ3) is 3.79. The van der Waals surface area contributed by atoms with Crippen molar-refractivity contribution < 1.29 is 14.0 Å². The molecule has 1 aliphatic carbocycles. The lowest BCUT2D eigenvalue weighted by molar-refractivity contribution is -0.147. The second kappa shape index (κ2) is 8.94. The number of rotatable bonds is 5. The number of nitriles is 1. The summed E-state index contributed by atoms with van der Waals surface area (Å²) in [7, 11) is 0. The largest absolute Gasteiger partial charge is 0.327 e. The maximum Gasteiger partial charge on any atom is 0.241 e. The van der Waals surface area contributed by atoms with Crippen LogP contribution in [-0.4, -0.2) is 70.3 Å². The van der Waals surface area contributed by atoms with Gasteiger partial charge in [-0.1, -0.05) is 38.3 Å². The van der Waals surface area contributed by atoms with Crippen molar-refractivity contribution >= 4 is 11.8 Å². The van der Waals surface area contributed by atoms with Crippen LogP contribution in [-0.2, 0) is 15.1 Å². The highest BCUT2D eigenvalue weighted by atomic mass is 19.1. The molecule has 7 nitrogen and oxygen atoms in total. The van der Waals surface area contributed by atoms with Gasteiger partial charge in [-0.05, 0) is 49.3 Å². The fourth-order valence-corrected chi connectivity index (χ4v) is 6.95. The van der Waals surface area contributed by atoms with Gasteiger partial charge in [0.2, 0.25) is 11.8 Å². The van der Waals surface area contributed by atoms with Crippen LogP contribution in [0.3, 0.4) is 0 Å². The minimum absolute atomic E-state index is 0.0709. The van der Waals surface area contributed by atoms with Gasteiger partial charge in [-0.2, -0.15) is 5.26 Å². The van der Waals surface area contributed by atoms with E-state index in [-0.39, 0.29) is 41.2 Å². The van der Waals surface area contributed by atoms with Crippen LogP contribution in [0.4, 0.5) is 4.39 Å². The fraction of sp³-hybridized carbons (Fsp3) is 0.654. The van der Waals surface area contributed by atoms with Crippen LogP contribution >= 0.6 is 0 Å². The van der Waals surface area contributed by atoms with Gasteiger partial charge in [0.25, 0.3) is 0 Å². The van der Waals surface area contributed by atoms with Crippen molar-refractivity contribution in [3.63, 3.8) is 0 Å². The van der Waals surface area contributed by atoms with E-state index in [2.05, 4.69) is 15.9 Å². The summed E-state index contributed by atoms with van der Waals surface area (Å²) < 4.78 is 13.7. The van der Waals surface area contributed by atoms with Crippen LogP contribution in [0.15, 0.2) is 24.3 Å². The van der Waals surface area contributed by atoms with Crippen LogP contribution in [0.2, 0.25) is 0 Å². The number of carbonyl (C=O) groups is 2. The molecule has 4 unspecified atom stereocenters. The molecule has 2 bridgehead atoms. The highest BCUT2D eigenvalue weighted by Crippen LogP contribution is 2.48. The number of hydrogen-bond donors (Lipinski definition) is 1. The number of hydrogen-bond acceptors (Lipinski definition) is 5. The summed E-state index contributed by atoms with van der Waals surface area (Å²) in [5, 5.41) is 9.41. The predicted molar refractivity (Wildman–Crippen MR) is 125 cm³/mol. The Morgan fingerprint density at radius 2 is 1.91 bits per heavy atom. The summed E-state index contributed by atoms with van der Waals surface area (Å²) in [5.74, 6) is -0.0680. The van der Waals surface area contributed by atoms with Gasteiger partial charge in [-0.25, -0.2) is 4.39 Å². The van der Waals surface area contributed by atoms with Gasteiger partial charge >= 0.3 is 0 Å². The molecule has 5 atom stereocenters. The van der Waals surface area contributed by atoms with Gasteiger partial charge in [0.05, 0.1) is 23.7 Å². The summed E-state index contributed by atoms with van der Waals surface area (Å²) in [6, 6.07) is 7.54. The molecule has 3 aliphatic heterocycles. The molecular weight excluding hydrogens is 433 g/mol. The molecule has 2 N–H and O–H groups in total. The Hall–Kier alpha value is -2.50. The Kier molecular flexibility index (Phi) is 6.11. The van der Waals surface area contributed by atoms with E-state index in [4.69, 9.17) is 5.73 Å². The van der Waals surface area contributed by atoms with Crippen molar-refractivity contribution in [3.05, 3.63) is 35.6 Å². The number of carbonyl (C=O) groups excluding carboxylic acids is 2. The summed E-state index contributed by atoms with van der Waals surface area (Å²) in [6.45, 7) is 3.62. The molecule has 3 heterocycles. The Morgan fingerprint density at radius 1 is 1.21 bits per heavy atom. The van der Waals surface area contributed by atoms with E-state index in [0.29, 0.717) is 26.1 Å². The zero-order valence-electron chi connectivity index (χ0n) is 19.8. The molecule has 182 valence electrons. The predicted octanol–water partition coefficient (Wildman–Crippen LogP) is 2.36. The van der Waals surface area contributed by atoms with Gasteiger partial charge in [0.1, 0.15) is 11.9 Å². The van der Waals surface area contributed by atoms with Gasteiger partial charge < -0.3 is 15.5 Å². The highest BCUT2D eigenvalue weighted by Gasteiger charge is 2.57. The first-order chi connectivity index (χ1) is 16.3. The Bertz CT molecular complexity index is 986. The molecule has 5 rings (SSSR count). The fourth-order valence-electron chi connectivity index (χ4n) is 6.95. The monoisotopic (exact) mass is 467 g/mol. The number of benzene rings is 1. The number of fused-ring (bicyclic) bond motifs is 2. The lowest BCUT2D eigenvalue weighted by Gasteiger charge is -2.50. The standard InChI is InChI=1S/C26H34FN5O2/c1-17-11-20(13-28)31(14-17)24(33)22(29)16-30-15-21-12-23(30)25(34)32(21)26(9-3-2-4-10-26)18-5-7-19(27)8-6-18/h5-8,17,20-23H,2-4,9-12,14-16,29H2,1H3/t17?,20?,21-,22?,23?/m0/s1. The molecule has 2 amide bonds. The zero-order valence-corrected chi connectivity index (χ0v) is 19.8. The first-order valence-corrected chi connectivity index (χ1v) is 12.6. The molecule has 0 spiro atoms. The number of piperazine rings is 1. The number of nitrogens with two attached hydrogens (primary N) is 1. The second-order valence-electron chi connectivity index (χ2n) is 10.7. The van der Waals surface area contributed by atoms with Crippen molar-refractivity contribution in [2.24, 2.45) is 11.7 Å². The van der Waals surface area contributed by atoms with E-state index < -0.39 is 12.1 Å². The third-order valence-electron chi connectivity index (χ3n) is 8.48. The Labute approximate surface area is 200 Å². The van der Waals surface area contributed by atoms with Crippen LogP contribution < -0.4 is 5.73 Å². The summed E-state index contributed by atoms with van der Waals surface area (Å²) in [6.07, 6.45) is 6.47. The highest BCUT2D eigenvalue weighted by molar-refractivity contribution is 5.87. The smallest absolute Gasteiger partial charge is 0.241 e. The molecule has 4 aliphatic rings. The third-order valence-corrected chi connectivity index (χ3v) is 8.48. The van der Waals surface area contributed by atoms with Gasteiger partial charge in [-0.3, -0.25) is 14.5 Å². The van der Waals surface area contributed by atoms with E-state index in [1.54, 1.807) is 4.90 Å². The van der Waals surface area contributed by atoms with Crippen molar-refractivity contribution in [1.29, 1.82) is 5.26 Å². The summed E-state index contributed by atoms with van der Waals surface area (Å²) in [4.78, 5) is 32.5. The van der Waals surface area contributed by atoms with Crippen LogP contribution in [0.5, 0.6) is 0 Å². The SMILES string of the molecule is CC1CC(C#N)N(C(=O)C(N)CN2C[C@@H]3CC2C(=O)N3C2(c3ccc(F)cc3)CCCCC2)C1. The van der Waals surface area contributed by atoms with Gasteiger partial charge in [0.15, 0.2) is 0 Å². The molecule has 1 aromatic rings. The molecule has 34 heavy (non-hydrogen) atoms. The lowest BCUT2D eigenvalue weighted by atomic mass is 9.74. The van der Waals surface area contributed by atoms with Gasteiger partial charge in [0, 0.05) is 25.7 Å². The molecular formula is C26H34FN5O2. The molecule has 0 radical (unpaired) electrons. The number of likely N-dealkylation sites (tertiary alicyclic amines) is 3. The first kappa shape index (κ1) is 23.3. The normalized spacial score (nSPS) is 31.6.